The molecule has 2 aromatic heterocycles. The molecule has 1 amide bonds. The Morgan fingerprint density at radius 1 is 1.07 bits per heavy atom. The van der Waals surface area contributed by atoms with Crippen LogP contribution in [0.4, 0.5) is 5.69 Å². The van der Waals surface area contributed by atoms with Crippen molar-refractivity contribution in [1.82, 2.24) is 9.97 Å². The van der Waals surface area contributed by atoms with Crippen LogP contribution in [-0.4, -0.2) is 21.7 Å². The maximum Gasteiger partial charge on any atom is 0.224 e. The van der Waals surface area contributed by atoms with Gasteiger partial charge in [0.2, 0.25) is 5.91 Å². The van der Waals surface area contributed by atoms with E-state index in [0.717, 1.165) is 26.5 Å². The Hall–Kier alpha value is -3.09. The van der Waals surface area contributed by atoms with Gasteiger partial charge in [-0.05, 0) is 55.0 Å². The number of benzene rings is 2. The molecule has 0 aliphatic carbocycles. The van der Waals surface area contributed by atoms with Crippen molar-refractivity contribution in [1.29, 1.82) is 0 Å². The van der Waals surface area contributed by atoms with Crippen molar-refractivity contribution >= 4 is 50.7 Å². The fourth-order valence-corrected chi connectivity index (χ4v) is 4.03. The summed E-state index contributed by atoms with van der Waals surface area (Å²) in [6.45, 7) is 1.93. The summed E-state index contributed by atoms with van der Waals surface area (Å²) < 4.78 is 0. The number of aryl methyl sites for hydroxylation is 1. The molecule has 0 fully saturated rings. The Morgan fingerprint density at radius 2 is 1.87 bits per heavy atom. The first-order valence-corrected chi connectivity index (χ1v) is 10.6. The van der Waals surface area contributed by atoms with Crippen LogP contribution in [0.5, 0.6) is 0 Å². The number of fused-ring (bicyclic) bond motifs is 1. The van der Waals surface area contributed by atoms with Gasteiger partial charge in [-0.1, -0.05) is 35.1 Å². The molecule has 30 heavy (non-hydrogen) atoms. The third-order valence-corrected chi connectivity index (χ3v) is 5.95. The largest absolute Gasteiger partial charge is 0.326 e. The predicted octanol–water partition coefficient (Wildman–Crippen LogP) is 5.92. The summed E-state index contributed by atoms with van der Waals surface area (Å²) in [6.07, 6.45) is 1.99. The molecule has 2 heterocycles. The molecular formula is C23H18ClN3O2S. The molecule has 0 bridgehead atoms. The number of pyridine rings is 1. The van der Waals surface area contributed by atoms with E-state index in [1.165, 1.54) is 11.3 Å². The molecule has 5 nitrogen and oxygen atoms in total. The minimum Gasteiger partial charge on any atom is -0.326 e. The first-order valence-electron chi connectivity index (χ1n) is 9.41. The lowest BCUT2D eigenvalue weighted by atomic mass is 10.1. The summed E-state index contributed by atoms with van der Waals surface area (Å²) in [5.74, 6) is -0.294. The predicted molar refractivity (Wildman–Crippen MR) is 121 cm³/mol. The topological polar surface area (TPSA) is 72.0 Å². The van der Waals surface area contributed by atoms with Crippen molar-refractivity contribution in [2.24, 2.45) is 0 Å². The molecule has 4 rings (SSSR count). The minimum absolute atomic E-state index is 0.0886. The zero-order valence-electron chi connectivity index (χ0n) is 16.2. The summed E-state index contributed by atoms with van der Waals surface area (Å²) in [5, 5.41) is 4.34. The van der Waals surface area contributed by atoms with Gasteiger partial charge in [0.05, 0.1) is 0 Å². The van der Waals surface area contributed by atoms with E-state index in [1.807, 2.05) is 37.3 Å². The Labute approximate surface area is 182 Å². The number of nitrogens with one attached hydrogen (secondary N) is 1. The van der Waals surface area contributed by atoms with Crippen molar-refractivity contribution < 1.29 is 9.59 Å². The number of carbonyl (C=O) groups excluding carboxylic acids is 2. The van der Waals surface area contributed by atoms with Gasteiger partial charge in [0.15, 0.2) is 5.78 Å². The average molecular weight is 436 g/mol. The lowest BCUT2D eigenvalue weighted by Gasteiger charge is -2.10. The molecule has 1 N–H and O–H groups in total. The van der Waals surface area contributed by atoms with E-state index in [9.17, 15) is 9.59 Å². The number of ketones is 1. The molecule has 0 unspecified atom stereocenters. The number of anilines is 1. The number of Topliss-reactive ketones (excluding diaryl/α,β-unsaturated/α-hetero) is 1. The zero-order valence-corrected chi connectivity index (χ0v) is 17.8. The normalized spacial score (nSPS) is 10.9. The lowest BCUT2D eigenvalue weighted by Crippen LogP contribution is -2.14. The molecule has 2 aromatic carbocycles. The van der Waals surface area contributed by atoms with Crippen molar-refractivity contribution in [3.63, 3.8) is 0 Å². The van der Waals surface area contributed by atoms with Crippen LogP contribution >= 0.6 is 22.9 Å². The Kier molecular flexibility index (Phi) is 5.88. The van der Waals surface area contributed by atoms with Crippen LogP contribution in [0.3, 0.4) is 0 Å². The number of hydrogen-bond acceptors (Lipinski definition) is 5. The first kappa shape index (κ1) is 20.2. The molecule has 0 saturated heterocycles. The fraction of sp³-hybridized carbons (Fsp3) is 0.130. The highest BCUT2D eigenvalue weighted by molar-refractivity contribution is 7.21. The van der Waals surface area contributed by atoms with Gasteiger partial charge < -0.3 is 5.32 Å². The molecule has 0 saturated carbocycles. The third-order valence-electron chi connectivity index (χ3n) is 4.67. The van der Waals surface area contributed by atoms with Gasteiger partial charge in [-0.2, -0.15) is 0 Å². The second-order valence-electron chi connectivity index (χ2n) is 6.85. The number of amides is 1. The number of halogens is 1. The highest BCUT2D eigenvalue weighted by atomic mass is 35.5. The van der Waals surface area contributed by atoms with Gasteiger partial charge in [-0.25, -0.2) is 9.97 Å². The van der Waals surface area contributed by atoms with Crippen molar-refractivity contribution in [2.45, 2.75) is 19.8 Å². The van der Waals surface area contributed by atoms with Gasteiger partial charge >= 0.3 is 0 Å². The van der Waals surface area contributed by atoms with Crippen molar-refractivity contribution in [2.75, 3.05) is 5.32 Å². The highest BCUT2D eigenvalue weighted by Crippen LogP contribution is 2.31. The number of nitrogens with zero attached hydrogens (tertiary/aromatic N) is 2. The van der Waals surface area contributed by atoms with Crippen LogP contribution in [0.25, 0.3) is 20.9 Å². The molecule has 0 aliphatic heterocycles. The van der Waals surface area contributed by atoms with Gasteiger partial charge in [-0.15, -0.1) is 0 Å². The molecule has 4 aromatic rings. The van der Waals surface area contributed by atoms with Crippen LogP contribution in [0.2, 0.25) is 5.02 Å². The van der Waals surface area contributed by atoms with Gasteiger partial charge in [0.1, 0.15) is 15.4 Å². The second kappa shape index (κ2) is 8.73. The molecule has 0 spiro atoms. The number of carbonyl (C=O) groups is 2. The molecule has 150 valence electrons. The monoisotopic (exact) mass is 435 g/mol. The third kappa shape index (κ3) is 4.56. The van der Waals surface area contributed by atoms with Gasteiger partial charge in [0.25, 0.3) is 0 Å². The van der Waals surface area contributed by atoms with Crippen LogP contribution in [-0.2, 0) is 4.79 Å². The summed E-state index contributed by atoms with van der Waals surface area (Å²) in [6, 6.07) is 16.3. The van der Waals surface area contributed by atoms with E-state index < -0.39 is 0 Å². The van der Waals surface area contributed by atoms with Crippen molar-refractivity contribution in [3.8, 4) is 10.6 Å². The Morgan fingerprint density at radius 3 is 2.63 bits per heavy atom. The van der Waals surface area contributed by atoms with E-state index >= 15 is 0 Å². The number of aromatic nitrogens is 2. The number of thiazole rings is 1. The minimum atomic E-state index is -0.205. The van der Waals surface area contributed by atoms with E-state index in [0.29, 0.717) is 16.3 Å². The summed E-state index contributed by atoms with van der Waals surface area (Å²) in [4.78, 5) is 34.5. The van der Waals surface area contributed by atoms with Crippen LogP contribution in [0.1, 0.15) is 28.8 Å². The SMILES string of the molecule is Cc1ccc(-c2nc3cccnc3s2)cc1NC(=O)CCC(=O)c1ccc(Cl)cc1. The number of hydrogen-bond donors (Lipinski definition) is 1. The van der Waals surface area contributed by atoms with Gasteiger partial charge in [0, 0.05) is 40.9 Å². The van der Waals surface area contributed by atoms with Crippen LogP contribution in [0.15, 0.2) is 60.8 Å². The van der Waals surface area contributed by atoms with E-state index in [4.69, 9.17) is 11.6 Å². The quantitative estimate of drug-likeness (QED) is 0.381. The summed E-state index contributed by atoms with van der Waals surface area (Å²) in [7, 11) is 0. The summed E-state index contributed by atoms with van der Waals surface area (Å²) >= 11 is 7.35. The fourth-order valence-electron chi connectivity index (χ4n) is 3.00. The molecule has 0 atom stereocenters. The lowest BCUT2D eigenvalue weighted by molar-refractivity contribution is -0.116. The average Bonchev–Trinajstić information content (AvgIpc) is 3.18. The first-order chi connectivity index (χ1) is 14.5. The Bertz CT molecular complexity index is 1200. The van der Waals surface area contributed by atoms with Crippen LogP contribution < -0.4 is 5.32 Å². The van der Waals surface area contributed by atoms with E-state index in [2.05, 4.69) is 15.3 Å². The van der Waals surface area contributed by atoms with E-state index in [1.54, 1.807) is 30.5 Å². The zero-order chi connectivity index (χ0) is 21.1. The smallest absolute Gasteiger partial charge is 0.224 e. The van der Waals surface area contributed by atoms with Crippen LogP contribution in [0, 0.1) is 6.92 Å². The van der Waals surface area contributed by atoms with E-state index in [-0.39, 0.29) is 24.5 Å². The highest BCUT2D eigenvalue weighted by Gasteiger charge is 2.13. The second-order valence-corrected chi connectivity index (χ2v) is 8.27. The van der Waals surface area contributed by atoms with Gasteiger partial charge in [-0.3, -0.25) is 9.59 Å². The Balaban J connectivity index is 1.44. The molecule has 0 radical (unpaired) electrons. The maximum absolute atomic E-state index is 12.4. The number of rotatable bonds is 6. The standard InChI is InChI=1S/C23H18ClN3O2S/c1-14-4-5-16(22-27-18-3-2-12-25-23(18)30-22)13-19(14)26-21(29)11-10-20(28)15-6-8-17(24)9-7-15/h2-9,12-13H,10-11H2,1H3,(H,26,29). The molecule has 0 aliphatic rings. The van der Waals surface area contributed by atoms with Crippen molar-refractivity contribution in [3.05, 3.63) is 76.9 Å². The maximum atomic E-state index is 12.4. The molecule has 7 heteroatoms. The molecular weight excluding hydrogens is 418 g/mol. The summed E-state index contributed by atoms with van der Waals surface area (Å²) in [5.41, 5.74) is 3.97.